The second-order valence-electron chi connectivity index (χ2n) is 6.91. The molecular formula is C21H22N4O5. The maximum absolute atomic E-state index is 13.0. The van der Waals surface area contributed by atoms with E-state index in [1.165, 1.54) is 11.8 Å². The third-order valence-corrected chi connectivity index (χ3v) is 4.64. The molecule has 3 rings (SSSR count). The van der Waals surface area contributed by atoms with E-state index in [1.807, 2.05) is 6.07 Å². The Morgan fingerprint density at radius 3 is 2.43 bits per heavy atom. The van der Waals surface area contributed by atoms with Crippen LogP contribution in [0.4, 0.5) is 16.2 Å². The van der Waals surface area contributed by atoms with E-state index in [2.05, 4.69) is 16.0 Å². The number of hydrogen-bond acceptors (Lipinski definition) is 4. The van der Waals surface area contributed by atoms with Crippen LogP contribution in [0.1, 0.15) is 12.5 Å². The van der Waals surface area contributed by atoms with Gasteiger partial charge in [0.2, 0.25) is 11.8 Å². The normalized spacial score (nSPS) is 14.7. The van der Waals surface area contributed by atoms with Gasteiger partial charge in [0.1, 0.15) is 18.6 Å². The number of urea groups is 1. The summed E-state index contributed by atoms with van der Waals surface area (Å²) in [4.78, 5) is 50.0. The van der Waals surface area contributed by atoms with Gasteiger partial charge in [-0.1, -0.05) is 42.5 Å². The number of benzene rings is 2. The van der Waals surface area contributed by atoms with Gasteiger partial charge in [0, 0.05) is 6.42 Å². The predicted octanol–water partition coefficient (Wildman–Crippen LogP) is 1.36. The molecule has 4 N–H and O–H groups in total. The second kappa shape index (κ2) is 9.08. The molecule has 9 nitrogen and oxygen atoms in total. The summed E-state index contributed by atoms with van der Waals surface area (Å²) in [5.74, 6) is -2.17. The van der Waals surface area contributed by atoms with Crippen molar-refractivity contribution in [3.63, 3.8) is 0 Å². The highest BCUT2D eigenvalue weighted by Crippen LogP contribution is 2.28. The molecule has 1 heterocycles. The predicted molar refractivity (Wildman–Crippen MR) is 110 cm³/mol. The number of carbonyl (C=O) groups is 4. The van der Waals surface area contributed by atoms with Gasteiger partial charge in [0.05, 0.1) is 11.4 Å². The summed E-state index contributed by atoms with van der Waals surface area (Å²) < 4.78 is 0. The molecule has 0 saturated heterocycles. The van der Waals surface area contributed by atoms with E-state index in [9.17, 15) is 19.2 Å². The van der Waals surface area contributed by atoms with Crippen LogP contribution in [0.15, 0.2) is 54.6 Å². The van der Waals surface area contributed by atoms with Crippen LogP contribution in [0.2, 0.25) is 0 Å². The first-order valence-electron chi connectivity index (χ1n) is 9.39. The maximum Gasteiger partial charge on any atom is 0.325 e. The van der Waals surface area contributed by atoms with E-state index in [0.717, 1.165) is 5.56 Å². The molecule has 30 heavy (non-hydrogen) atoms. The lowest BCUT2D eigenvalue weighted by atomic mass is 10.0. The van der Waals surface area contributed by atoms with Gasteiger partial charge < -0.3 is 21.1 Å². The van der Waals surface area contributed by atoms with Crippen molar-refractivity contribution in [2.75, 3.05) is 16.8 Å². The Bertz CT molecular complexity index is 963. The number of carbonyl (C=O) groups excluding carboxylic acids is 3. The minimum absolute atomic E-state index is 0.159. The quantitative estimate of drug-likeness (QED) is 0.572. The first-order chi connectivity index (χ1) is 14.3. The van der Waals surface area contributed by atoms with Crippen LogP contribution in [-0.2, 0) is 20.8 Å². The lowest BCUT2D eigenvalue weighted by Gasteiger charge is -2.30. The van der Waals surface area contributed by atoms with E-state index in [0.29, 0.717) is 11.4 Å². The van der Waals surface area contributed by atoms with Crippen molar-refractivity contribution in [1.29, 1.82) is 0 Å². The average molecular weight is 410 g/mol. The van der Waals surface area contributed by atoms with Gasteiger partial charge in [-0.2, -0.15) is 0 Å². The standard InChI is InChI=1S/C21H22N4O5/c1-13(20(28)29)22-19(27)16(11-14-7-3-2-4-8-14)24-21(30)25-12-18(26)23-15-9-5-6-10-17(15)25/h2-10,13,16H,11-12H2,1H3,(H,22,27)(H,23,26)(H,24,30)(H,28,29)/t13-,16-/m0/s1. The smallest absolute Gasteiger partial charge is 0.325 e. The van der Waals surface area contributed by atoms with Gasteiger partial charge in [-0.05, 0) is 24.6 Å². The van der Waals surface area contributed by atoms with Crippen LogP contribution >= 0.6 is 0 Å². The molecule has 0 bridgehead atoms. The summed E-state index contributed by atoms with van der Waals surface area (Å²) in [6.07, 6.45) is 0.159. The highest BCUT2D eigenvalue weighted by molar-refractivity contribution is 6.10. The van der Waals surface area contributed by atoms with E-state index in [1.54, 1.807) is 48.5 Å². The molecule has 156 valence electrons. The van der Waals surface area contributed by atoms with Gasteiger partial charge in [0.15, 0.2) is 0 Å². The van der Waals surface area contributed by atoms with Crippen molar-refractivity contribution in [2.45, 2.75) is 25.4 Å². The largest absolute Gasteiger partial charge is 0.480 e. The Kier molecular flexibility index (Phi) is 6.31. The van der Waals surface area contributed by atoms with Crippen LogP contribution in [0.3, 0.4) is 0 Å². The van der Waals surface area contributed by atoms with E-state index < -0.39 is 30.0 Å². The lowest BCUT2D eigenvalue weighted by molar-refractivity contribution is -0.141. The zero-order valence-corrected chi connectivity index (χ0v) is 16.3. The number of amides is 4. The molecule has 0 aliphatic carbocycles. The number of rotatable bonds is 6. The van der Waals surface area contributed by atoms with E-state index in [-0.39, 0.29) is 18.9 Å². The molecule has 2 aromatic carbocycles. The molecule has 2 atom stereocenters. The summed E-state index contributed by atoms with van der Waals surface area (Å²) in [5.41, 5.74) is 1.79. The molecule has 0 fully saturated rings. The molecule has 0 radical (unpaired) electrons. The van der Waals surface area contributed by atoms with Gasteiger partial charge in [0.25, 0.3) is 0 Å². The minimum Gasteiger partial charge on any atom is -0.480 e. The summed E-state index contributed by atoms with van der Waals surface area (Å²) >= 11 is 0. The number of carboxylic acids is 1. The topological polar surface area (TPSA) is 128 Å². The van der Waals surface area contributed by atoms with Crippen molar-refractivity contribution in [1.82, 2.24) is 10.6 Å². The molecule has 1 aliphatic rings. The molecule has 9 heteroatoms. The number of nitrogens with one attached hydrogen (secondary N) is 3. The Hall–Kier alpha value is -3.88. The van der Waals surface area contributed by atoms with Crippen LogP contribution in [0.5, 0.6) is 0 Å². The number of nitrogens with zero attached hydrogens (tertiary/aromatic N) is 1. The van der Waals surface area contributed by atoms with Crippen molar-refractivity contribution in [2.24, 2.45) is 0 Å². The molecule has 4 amide bonds. The molecule has 1 aliphatic heterocycles. The number of aliphatic carboxylic acids is 1. The minimum atomic E-state index is -1.19. The van der Waals surface area contributed by atoms with Crippen LogP contribution in [0, 0.1) is 0 Å². The van der Waals surface area contributed by atoms with Crippen LogP contribution in [0.25, 0.3) is 0 Å². The monoisotopic (exact) mass is 410 g/mol. The summed E-state index contributed by atoms with van der Waals surface area (Å²) in [6, 6.07) is 13.1. The van der Waals surface area contributed by atoms with Crippen molar-refractivity contribution in [3.05, 3.63) is 60.2 Å². The van der Waals surface area contributed by atoms with Crippen molar-refractivity contribution >= 4 is 35.2 Å². The average Bonchev–Trinajstić information content (AvgIpc) is 2.73. The first-order valence-corrected chi connectivity index (χ1v) is 9.39. The van der Waals surface area contributed by atoms with Crippen LogP contribution < -0.4 is 20.9 Å². The number of anilines is 2. The highest BCUT2D eigenvalue weighted by Gasteiger charge is 2.30. The third kappa shape index (κ3) is 4.93. The Labute approximate surface area is 173 Å². The molecule has 0 aromatic heterocycles. The summed E-state index contributed by atoms with van der Waals surface area (Å²) in [7, 11) is 0. The fraction of sp³-hybridized carbons (Fsp3) is 0.238. The zero-order valence-electron chi connectivity index (χ0n) is 16.3. The SMILES string of the molecule is C[C@H](NC(=O)[C@H](Cc1ccccc1)NC(=O)N1CC(=O)Nc2ccccc21)C(=O)O. The lowest BCUT2D eigenvalue weighted by Crippen LogP contribution is -2.56. The molecule has 0 unspecified atom stereocenters. The van der Waals surface area contributed by atoms with Gasteiger partial charge in [-0.25, -0.2) is 4.79 Å². The van der Waals surface area contributed by atoms with E-state index >= 15 is 0 Å². The first kappa shape index (κ1) is 20.8. The Balaban J connectivity index is 1.81. The zero-order chi connectivity index (χ0) is 21.7. The molecule has 2 aromatic rings. The van der Waals surface area contributed by atoms with Gasteiger partial charge >= 0.3 is 12.0 Å². The van der Waals surface area contributed by atoms with E-state index in [4.69, 9.17) is 5.11 Å². The highest BCUT2D eigenvalue weighted by atomic mass is 16.4. The third-order valence-electron chi connectivity index (χ3n) is 4.64. The number of fused-ring (bicyclic) bond motifs is 1. The molecular weight excluding hydrogens is 388 g/mol. The Morgan fingerprint density at radius 2 is 1.73 bits per heavy atom. The summed E-state index contributed by atoms with van der Waals surface area (Å²) in [5, 5.41) is 16.8. The van der Waals surface area contributed by atoms with Gasteiger partial charge in [-0.15, -0.1) is 0 Å². The van der Waals surface area contributed by atoms with Crippen molar-refractivity contribution < 1.29 is 24.3 Å². The number of hydrogen-bond donors (Lipinski definition) is 4. The summed E-state index contributed by atoms with van der Waals surface area (Å²) in [6.45, 7) is 1.14. The van der Waals surface area contributed by atoms with Crippen molar-refractivity contribution in [3.8, 4) is 0 Å². The molecule has 0 saturated carbocycles. The fourth-order valence-corrected chi connectivity index (χ4v) is 3.08. The maximum atomic E-state index is 13.0. The fourth-order valence-electron chi connectivity index (χ4n) is 3.08. The van der Waals surface area contributed by atoms with Crippen LogP contribution in [-0.4, -0.2) is 47.5 Å². The number of carboxylic acid groups (broad SMARTS) is 1. The Morgan fingerprint density at radius 1 is 1.07 bits per heavy atom. The van der Waals surface area contributed by atoms with Gasteiger partial charge in [-0.3, -0.25) is 19.3 Å². The molecule has 0 spiro atoms. The second-order valence-corrected chi connectivity index (χ2v) is 6.91. The number of para-hydroxylation sites is 2.